The molecule has 0 bridgehead atoms. The van der Waals surface area contributed by atoms with Crippen molar-refractivity contribution in [2.24, 2.45) is 5.73 Å². The van der Waals surface area contributed by atoms with E-state index in [-0.39, 0.29) is 18.5 Å². The number of rotatable bonds is 4. The highest BCUT2D eigenvalue weighted by molar-refractivity contribution is 5.70. The summed E-state index contributed by atoms with van der Waals surface area (Å²) in [6.07, 6.45) is 0.0781. The second kappa shape index (κ2) is 5.85. The molecular formula is C16H18FNO. The average molecular weight is 259 g/mol. The lowest BCUT2D eigenvalue weighted by molar-refractivity contribution is 0.243. The first-order valence-corrected chi connectivity index (χ1v) is 6.36. The second-order valence-electron chi connectivity index (χ2n) is 4.67. The van der Waals surface area contributed by atoms with Crippen LogP contribution in [0.5, 0.6) is 5.75 Å². The molecule has 2 N–H and O–H groups in total. The largest absolute Gasteiger partial charge is 0.490 e. The fourth-order valence-corrected chi connectivity index (χ4v) is 1.94. The van der Waals surface area contributed by atoms with Crippen LogP contribution >= 0.6 is 0 Å². The number of halogens is 1. The maximum atomic E-state index is 13.8. The maximum Gasteiger partial charge on any atom is 0.128 e. The van der Waals surface area contributed by atoms with Crippen molar-refractivity contribution in [3.8, 4) is 16.9 Å². The van der Waals surface area contributed by atoms with E-state index < -0.39 is 0 Å². The van der Waals surface area contributed by atoms with Gasteiger partial charge in [-0.1, -0.05) is 30.3 Å². The normalized spacial score (nSPS) is 10.8. The Hall–Kier alpha value is -1.87. The Kier molecular flexibility index (Phi) is 4.17. The van der Waals surface area contributed by atoms with E-state index in [1.807, 2.05) is 44.2 Å². The molecule has 0 fully saturated rings. The lowest BCUT2D eigenvalue weighted by Gasteiger charge is -2.14. The Morgan fingerprint density at radius 1 is 1.16 bits per heavy atom. The smallest absolute Gasteiger partial charge is 0.128 e. The molecule has 2 nitrogen and oxygen atoms in total. The lowest BCUT2D eigenvalue weighted by Crippen LogP contribution is -2.06. The minimum Gasteiger partial charge on any atom is -0.490 e. The van der Waals surface area contributed by atoms with E-state index in [0.717, 1.165) is 16.9 Å². The van der Waals surface area contributed by atoms with Gasteiger partial charge in [0.2, 0.25) is 0 Å². The molecule has 0 unspecified atom stereocenters. The SMILES string of the molecule is CC(C)Oc1ccccc1-c1ccc(CN)c(F)c1. The van der Waals surface area contributed by atoms with E-state index in [0.29, 0.717) is 5.56 Å². The van der Waals surface area contributed by atoms with Crippen molar-refractivity contribution in [1.82, 2.24) is 0 Å². The van der Waals surface area contributed by atoms with Crippen molar-refractivity contribution < 1.29 is 9.13 Å². The van der Waals surface area contributed by atoms with Crippen molar-refractivity contribution in [2.45, 2.75) is 26.5 Å². The van der Waals surface area contributed by atoms with Gasteiger partial charge in [0.1, 0.15) is 11.6 Å². The van der Waals surface area contributed by atoms with E-state index >= 15 is 0 Å². The topological polar surface area (TPSA) is 35.2 Å². The zero-order valence-corrected chi connectivity index (χ0v) is 11.2. The molecule has 0 aliphatic heterocycles. The lowest BCUT2D eigenvalue weighted by atomic mass is 10.0. The van der Waals surface area contributed by atoms with Crippen LogP contribution in [0.1, 0.15) is 19.4 Å². The third kappa shape index (κ3) is 3.12. The van der Waals surface area contributed by atoms with Crippen LogP contribution in [0.3, 0.4) is 0 Å². The number of hydrogen-bond acceptors (Lipinski definition) is 2. The minimum absolute atomic E-state index is 0.0781. The molecule has 0 aliphatic carbocycles. The fourth-order valence-electron chi connectivity index (χ4n) is 1.94. The standard InChI is InChI=1S/C16H18FNO/c1-11(2)19-16-6-4-3-5-14(16)12-7-8-13(10-18)15(17)9-12/h3-9,11H,10,18H2,1-2H3. The van der Waals surface area contributed by atoms with Gasteiger partial charge in [0, 0.05) is 17.7 Å². The molecule has 0 saturated carbocycles. The van der Waals surface area contributed by atoms with Gasteiger partial charge in [-0.2, -0.15) is 0 Å². The molecule has 0 radical (unpaired) electrons. The predicted molar refractivity (Wildman–Crippen MR) is 75.5 cm³/mol. The first-order chi connectivity index (χ1) is 9.11. The Balaban J connectivity index is 2.44. The summed E-state index contributed by atoms with van der Waals surface area (Å²) in [4.78, 5) is 0. The Labute approximate surface area is 113 Å². The monoisotopic (exact) mass is 259 g/mol. The summed E-state index contributed by atoms with van der Waals surface area (Å²) in [5, 5.41) is 0. The van der Waals surface area contributed by atoms with Crippen LogP contribution in [0, 0.1) is 5.82 Å². The van der Waals surface area contributed by atoms with Crippen LogP contribution in [0.25, 0.3) is 11.1 Å². The van der Waals surface area contributed by atoms with Crippen LogP contribution in [-0.2, 0) is 6.54 Å². The van der Waals surface area contributed by atoms with E-state index in [4.69, 9.17) is 10.5 Å². The number of para-hydroxylation sites is 1. The van der Waals surface area contributed by atoms with E-state index in [9.17, 15) is 4.39 Å². The molecule has 3 heteroatoms. The molecule has 100 valence electrons. The summed E-state index contributed by atoms with van der Waals surface area (Å²) in [6.45, 7) is 4.14. The Morgan fingerprint density at radius 2 is 1.89 bits per heavy atom. The first-order valence-electron chi connectivity index (χ1n) is 6.36. The summed E-state index contributed by atoms with van der Waals surface area (Å²) in [6, 6.07) is 12.7. The van der Waals surface area contributed by atoms with E-state index in [1.54, 1.807) is 6.07 Å². The summed E-state index contributed by atoms with van der Waals surface area (Å²) in [5.74, 6) is 0.483. The molecular weight excluding hydrogens is 241 g/mol. The molecule has 0 amide bonds. The van der Waals surface area contributed by atoms with Gasteiger partial charge in [-0.25, -0.2) is 4.39 Å². The van der Waals surface area contributed by atoms with Gasteiger partial charge in [0.25, 0.3) is 0 Å². The molecule has 0 atom stereocenters. The zero-order chi connectivity index (χ0) is 13.8. The van der Waals surface area contributed by atoms with Gasteiger partial charge in [-0.15, -0.1) is 0 Å². The number of ether oxygens (including phenoxy) is 1. The summed E-state index contributed by atoms with van der Waals surface area (Å²) in [5.41, 5.74) is 7.67. The summed E-state index contributed by atoms with van der Waals surface area (Å²) >= 11 is 0. The van der Waals surface area contributed by atoms with Gasteiger partial charge >= 0.3 is 0 Å². The highest BCUT2D eigenvalue weighted by Crippen LogP contribution is 2.31. The predicted octanol–water partition coefficient (Wildman–Crippen LogP) is 3.74. The Morgan fingerprint density at radius 3 is 2.53 bits per heavy atom. The zero-order valence-electron chi connectivity index (χ0n) is 11.2. The molecule has 0 saturated heterocycles. The number of hydrogen-bond donors (Lipinski definition) is 1. The van der Waals surface area contributed by atoms with Gasteiger partial charge in [-0.3, -0.25) is 0 Å². The molecule has 0 heterocycles. The highest BCUT2D eigenvalue weighted by Gasteiger charge is 2.09. The third-order valence-electron chi connectivity index (χ3n) is 2.83. The van der Waals surface area contributed by atoms with Gasteiger partial charge < -0.3 is 10.5 Å². The summed E-state index contributed by atoms with van der Waals surface area (Å²) in [7, 11) is 0. The number of benzene rings is 2. The summed E-state index contributed by atoms with van der Waals surface area (Å²) < 4.78 is 19.6. The van der Waals surface area contributed by atoms with Gasteiger partial charge in [-0.05, 0) is 31.5 Å². The Bertz CT molecular complexity index is 566. The number of nitrogens with two attached hydrogens (primary N) is 1. The van der Waals surface area contributed by atoms with Crippen LogP contribution < -0.4 is 10.5 Å². The minimum atomic E-state index is -0.278. The third-order valence-corrected chi connectivity index (χ3v) is 2.83. The maximum absolute atomic E-state index is 13.8. The molecule has 2 aromatic rings. The van der Waals surface area contributed by atoms with Crippen molar-refractivity contribution in [2.75, 3.05) is 0 Å². The van der Waals surface area contributed by atoms with E-state index in [2.05, 4.69) is 0 Å². The van der Waals surface area contributed by atoms with Crippen molar-refractivity contribution in [1.29, 1.82) is 0 Å². The van der Waals surface area contributed by atoms with Crippen molar-refractivity contribution in [3.63, 3.8) is 0 Å². The van der Waals surface area contributed by atoms with Gasteiger partial charge in [0.05, 0.1) is 6.10 Å². The fraction of sp³-hybridized carbons (Fsp3) is 0.250. The molecule has 19 heavy (non-hydrogen) atoms. The molecule has 2 rings (SSSR count). The van der Waals surface area contributed by atoms with Crippen LogP contribution in [0.2, 0.25) is 0 Å². The van der Waals surface area contributed by atoms with Crippen molar-refractivity contribution >= 4 is 0 Å². The molecule has 0 aromatic heterocycles. The van der Waals surface area contributed by atoms with Crippen LogP contribution in [0.15, 0.2) is 42.5 Å². The molecule has 2 aromatic carbocycles. The van der Waals surface area contributed by atoms with Crippen molar-refractivity contribution in [3.05, 3.63) is 53.8 Å². The second-order valence-corrected chi connectivity index (χ2v) is 4.67. The highest BCUT2D eigenvalue weighted by atomic mass is 19.1. The average Bonchev–Trinajstić information content (AvgIpc) is 2.38. The van der Waals surface area contributed by atoms with Crippen LogP contribution in [0.4, 0.5) is 4.39 Å². The molecule has 0 spiro atoms. The molecule has 0 aliphatic rings. The first kappa shape index (κ1) is 13.6. The van der Waals surface area contributed by atoms with Crippen LogP contribution in [-0.4, -0.2) is 6.10 Å². The van der Waals surface area contributed by atoms with Gasteiger partial charge in [0.15, 0.2) is 0 Å². The quantitative estimate of drug-likeness (QED) is 0.907. The van der Waals surface area contributed by atoms with E-state index in [1.165, 1.54) is 6.07 Å².